The highest BCUT2D eigenvalue weighted by atomic mass is 16.5. The molecule has 1 amide bonds. The first-order valence-corrected chi connectivity index (χ1v) is 8.01. The van der Waals surface area contributed by atoms with Crippen molar-refractivity contribution in [2.75, 3.05) is 27.2 Å². The SMILES string of the molecule is Cc1ccc(C(C)C)c(OC(C)C(=O)NCCCN(C)C)c1. The van der Waals surface area contributed by atoms with Crippen LogP contribution in [0.1, 0.15) is 44.2 Å². The third-order valence-electron chi connectivity index (χ3n) is 3.55. The second kappa shape index (κ2) is 8.79. The van der Waals surface area contributed by atoms with E-state index in [1.165, 1.54) is 0 Å². The van der Waals surface area contributed by atoms with Crippen LogP contribution in [0.4, 0.5) is 0 Å². The summed E-state index contributed by atoms with van der Waals surface area (Å²) in [6.45, 7) is 9.73. The Morgan fingerprint density at radius 3 is 2.55 bits per heavy atom. The van der Waals surface area contributed by atoms with Gasteiger partial charge in [-0.3, -0.25) is 4.79 Å². The Morgan fingerprint density at radius 1 is 1.27 bits per heavy atom. The maximum Gasteiger partial charge on any atom is 0.260 e. The zero-order chi connectivity index (χ0) is 16.7. The van der Waals surface area contributed by atoms with Gasteiger partial charge in [0.2, 0.25) is 0 Å². The molecular formula is C18H30N2O2. The lowest BCUT2D eigenvalue weighted by molar-refractivity contribution is -0.127. The lowest BCUT2D eigenvalue weighted by Crippen LogP contribution is -2.37. The van der Waals surface area contributed by atoms with Crippen molar-refractivity contribution >= 4 is 5.91 Å². The maximum atomic E-state index is 12.1. The van der Waals surface area contributed by atoms with Gasteiger partial charge in [-0.05, 0) is 64.0 Å². The van der Waals surface area contributed by atoms with Crippen LogP contribution in [0.2, 0.25) is 0 Å². The summed E-state index contributed by atoms with van der Waals surface area (Å²) in [4.78, 5) is 14.2. The topological polar surface area (TPSA) is 41.6 Å². The van der Waals surface area contributed by atoms with Gasteiger partial charge in [-0.2, -0.15) is 0 Å². The van der Waals surface area contributed by atoms with E-state index in [4.69, 9.17) is 4.74 Å². The van der Waals surface area contributed by atoms with E-state index in [9.17, 15) is 4.79 Å². The molecule has 0 aliphatic rings. The predicted molar refractivity (Wildman–Crippen MR) is 91.5 cm³/mol. The molecule has 0 saturated heterocycles. The standard InChI is InChI=1S/C18H30N2O2/c1-13(2)16-9-8-14(3)12-17(16)22-15(4)18(21)19-10-7-11-20(5)6/h8-9,12-13,15H,7,10-11H2,1-6H3,(H,19,21). The molecule has 0 spiro atoms. The summed E-state index contributed by atoms with van der Waals surface area (Å²) in [5.74, 6) is 1.12. The molecule has 1 atom stereocenters. The van der Waals surface area contributed by atoms with Crippen molar-refractivity contribution in [3.63, 3.8) is 0 Å². The maximum absolute atomic E-state index is 12.1. The van der Waals surface area contributed by atoms with E-state index >= 15 is 0 Å². The molecule has 124 valence electrons. The Balaban J connectivity index is 2.58. The molecule has 1 aromatic rings. The molecule has 4 nitrogen and oxygen atoms in total. The van der Waals surface area contributed by atoms with Crippen LogP contribution in [0.25, 0.3) is 0 Å². The fourth-order valence-corrected chi connectivity index (χ4v) is 2.22. The summed E-state index contributed by atoms with van der Waals surface area (Å²) < 4.78 is 5.91. The molecule has 0 aliphatic heterocycles. The van der Waals surface area contributed by atoms with Gasteiger partial charge in [-0.1, -0.05) is 26.0 Å². The second-order valence-corrected chi connectivity index (χ2v) is 6.40. The molecule has 0 fully saturated rings. The summed E-state index contributed by atoms with van der Waals surface area (Å²) in [6, 6.07) is 6.16. The molecule has 1 N–H and O–H groups in total. The van der Waals surface area contributed by atoms with Crippen molar-refractivity contribution in [1.29, 1.82) is 0 Å². The minimum absolute atomic E-state index is 0.0602. The quantitative estimate of drug-likeness (QED) is 0.751. The lowest BCUT2D eigenvalue weighted by Gasteiger charge is -2.19. The van der Waals surface area contributed by atoms with Gasteiger partial charge in [0.1, 0.15) is 5.75 Å². The molecule has 1 unspecified atom stereocenters. The molecule has 1 aromatic carbocycles. The first-order chi connectivity index (χ1) is 10.3. The third-order valence-corrected chi connectivity index (χ3v) is 3.55. The van der Waals surface area contributed by atoms with Crippen LogP contribution in [0.3, 0.4) is 0 Å². The van der Waals surface area contributed by atoms with Crippen LogP contribution in [-0.2, 0) is 4.79 Å². The van der Waals surface area contributed by atoms with Crippen molar-refractivity contribution < 1.29 is 9.53 Å². The number of hydrogen-bond donors (Lipinski definition) is 1. The van der Waals surface area contributed by atoms with Gasteiger partial charge in [0, 0.05) is 6.54 Å². The van der Waals surface area contributed by atoms with Crippen LogP contribution in [-0.4, -0.2) is 44.1 Å². The number of nitrogens with one attached hydrogen (secondary N) is 1. The summed E-state index contributed by atoms with van der Waals surface area (Å²) in [5.41, 5.74) is 2.27. The highest BCUT2D eigenvalue weighted by Gasteiger charge is 2.17. The molecule has 0 radical (unpaired) electrons. The number of aryl methyl sites for hydroxylation is 1. The molecule has 0 heterocycles. The number of amides is 1. The normalized spacial score (nSPS) is 12.5. The zero-order valence-corrected chi connectivity index (χ0v) is 14.8. The number of nitrogens with zero attached hydrogens (tertiary/aromatic N) is 1. The fraction of sp³-hybridized carbons (Fsp3) is 0.611. The van der Waals surface area contributed by atoms with Crippen molar-refractivity contribution in [3.8, 4) is 5.75 Å². The van der Waals surface area contributed by atoms with E-state index < -0.39 is 6.10 Å². The van der Waals surface area contributed by atoms with Gasteiger partial charge in [0.25, 0.3) is 5.91 Å². The van der Waals surface area contributed by atoms with E-state index in [-0.39, 0.29) is 5.91 Å². The minimum atomic E-state index is -0.487. The Labute approximate surface area is 134 Å². The van der Waals surface area contributed by atoms with Gasteiger partial charge in [-0.15, -0.1) is 0 Å². The number of rotatable bonds is 8. The van der Waals surface area contributed by atoms with Gasteiger partial charge < -0.3 is 15.0 Å². The number of hydrogen-bond acceptors (Lipinski definition) is 3. The average Bonchev–Trinajstić information content (AvgIpc) is 2.42. The number of benzene rings is 1. The van der Waals surface area contributed by atoms with Crippen LogP contribution in [0, 0.1) is 6.92 Å². The lowest BCUT2D eigenvalue weighted by atomic mass is 10.0. The number of carbonyl (C=O) groups excluding carboxylic acids is 1. The fourth-order valence-electron chi connectivity index (χ4n) is 2.22. The van der Waals surface area contributed by atoms with Crippen LogP contribution in [0.5, 0.6) is 5.75 Å². The number of carbonyl (C=O) groups is 1. The first-order valence-electron chi connectivity index (χ1n) is 8.01. The molecule has 0 aliphatic carbocycles. The highest BCUT2D eigenvalue weighted by molar-refractivity contribution is 5.80. The highest BCUT2D eigenvalue weighted by Crippen LogP contribution is 2.28. The minimum Gasteiger partial charge on any atom is -0.481 e. The average molecular weight is 306 g/mol. The smallest absolute Gasteiger partial charge is 0.260 e. The van der Waals surface area contributed by atoms with Gasteiger partial charge in [0.05, 0.1) is 0 Å². The van der Waals surface area contributed by atoms with Crippen molar-refractivity contribution in [2.24, 2.45) is 0 Å². The monoisotopic (exact) mass is 306 g/mol. The Kier molecular flexibility index (Phi) is 7.39. The first kappa shape index (κ1) is 18.5. The van der Waals surface area contributed by atoms with E-state index in [0.29, 0.717) is 12.5 Å². The predicted octanol–water partition coefficient (Wildman–Crippen LogP) is 2.95. The Morgan fingerprint density at radius 2 is 1.95 bits per heavy atom. The van der Waals surface area contributed by atoms with Crippen molar-refractivity contribution in [2.45, 2.75) is 46.1 Å². The van der Waals surface area contributed by atoms with Crippen LogP contribution >= 0.6 is 0 Å². The molecule has 0 aromatic heterocycles. The van der Waals surface area contributed by atoms with Crippen molar-refractivity contribution in [1.82, 2.24) is 10.2 Å². The van der Waals surface area contributed by atoms with Gasteiger partial charge >= 0.3 is 0 Å². The van der Waals surface area contributed by atoms with E-state index in [1.807, 2.05) is 27.1 Å². The molecule has 4 heteroatoms. The molecule has 0 bridgehead atoms. The van der Waals surface area contributed by atoms with Crippen molar-refractivity contribution in [3.05, 3.63) is 29.3 Å². The van der Waals surface area contributed by atoms with E-state index in [0.717, 1.165) is 29.8 Å². The van der Waals surface area contributed by atoms with Crippen LogP contribution < -0.4 is 10.1 Å². The molecule has 1 rings (SSSR count). The zero-order valence-electron chi connectivity index (χ0n) is 14.8. The summed E-state index contributed by atoms with van der Waals surface area (Å²) >= 11 is 0. The Hall–Kier alpha value is -1.55. The van der Waals surface area contributed by atoms with E-state index in [2.05, 4.69) is 36.2 Å². The molecule has 22 heavy (non-hydrogen) atoms. The third kappa shape index (κ3) is 6.06. The Bertz CT molecular complexity index is 484. The summed E-state index contributed by atoms with van der Waals surface area (Å²) in [7, 11) is 4.05. The molecule has 0 saturated carbocycles. The van der Waals surface area contributed by atoms with Gasteiger partial charge in [0.15, 0.2) is 6.10 Å². The van der Waals surface area contributed by atoms with Gasteiger partial charge in [-0.25, -0.2) is 0 Å². The molecular weight excluding hydrogens is 276 g/mol. The van der Waals surface area contributed by atoms with Crippen LogP contribution in [0.15, 0.2) is 18.2 Å². The largest absolute Gasteiger partial charge is 0.481 e. The summed E-state index contributed by atoms with van der Waals surface area (Å²) in [6.07, 6.45) is 0.450. The number of ether oxygens (including phenoxy) is 1. The van der Waals surface area contributed by atoms with E-state index in [1.54, 1.807) is 6.92 Å². The second-order valence-electron chi connectivity index (χ2n) is 6.40. The summed E-state index contributed by atoms with van der Waals surface area (Å²) in [5, 5.41) is 2.93.